The number of urea groups is 1. The molecule has 3 aromatic heterocycles. The molecule has 0 aliphatic heterocycles. The lowest BCUT2D eigenvalue weighted by Gasteiger charge is -2.13. The third kappa shape index (κ3) is 3.12. The van der Waals surface area contributed by atoms with Gasteiger partial charge in [-0.1, -0.05) is 0 Å². The van der Waals surface area contributed by atoms with Gasteiger partial charge >= 0.3 is 6.03 Å². The Morgan fingerprint density at radius 1 is 1.11 bits per heavy atom. The molecule has 0 bridgehead atoms. The number of fused-ring (bicyclic) bond motifs is 2. The van der Waals surface area contributed by atoms with Crippen LogP contribution in [0.25, 0.3) is 21.9 Å². The molecule has 4 rings (SSSR count). The van der Waals surface area contributed by atoms with Gasteiger partial charge in [0.2, 0.25) is 5.09 Å². The average Bonchev–Trinajstić information content (AvgIpc) is 3.33. The van der Waals surface area contributed by atoms with Gasteiger partial charge in [-0.25, -0.2) is 9.52 Å². The largest absolute Gasteiger partial charge is 0.464 e. The summed E-state index contributed by atoms with van der Waals surface area (Å²) in [6, 6.07) is 5.21. The van der Waals surface area contributed by atoms with Crippen LogP contribution in [0.1, 0.15) is 19.4 Å². The van der Waals surface area contributed by atoms with Crippen LogP contribution in [0.15, 0.2) is 61.4 Å². The zero-order valence-corrected chi connectivity index (χ0v) is 15.7. The maximum absolute atomic E-state index is 12.4. The zero-order chi connectivity index (χ0) is 20.1. The van der Waals surface area contributed by atoms with Crippen molar-refractivity contribution in [3.8, 4) is 0 Å². The second-order valence-electron chi connectivity index (χ2n) is 6.70. The molecule has 28 heavy (non-hydrogen) atoms. The molecule has 9 nitrogen and oxygen atoms in total. The van der Waals surface area contributed by atoms with Crippen LogP contribution in [0.5, 0.6) is 0 Å². The van der Waals surface area contributed by atoms with Crippen LogP contribution in [-0.2, 0) is 15.6 Å². The van der Waals surface area contributed by atoms with E-state index in [2.05, 4.69) is 5.32 Å². The molecule has 4 aromatic rings. The Balaban J connectivity index is 1.62. The highest BCUT2D eigenvalue weighted by Crippen LogP contribution is 2.34. The van der Waals surface area contributed by atoms with Crippen LogP contribution in [-0.4, -0.2) is 19.6 Å². The number of rotatable bonds is 4. The first-order valence-electron chi connectivity index (χ1n) is 8.18. The lowest BCUT2D eigenvalue weighted by Crippen LogP contribution is -2.34. The number of amides is 2. The van der Waals surface area contributed by atoms with E-state index in [0.717, 1.165) is 12.3 Å². The average molecular weight is 404 g/mol. The molecule has 0 unspecified atom stereocenters. The smallest absolute Gasteiger partial charge is 0.333 e. The van der Waals surface area contributed by atoms with E-state index in [0.29, 0.717) is 21.9 Å². The van der Waals surface area contributed by atoms with Crippen molar-refractivity contribution in [2.24, 2.45) is 0 Å². The van der Waals surface area contributed by atoms with Gasteiger partial charge in [0.1, 0.15) is 5.58 Å². The van der Waals surface area contributed by atoms with Gasteiger partial charge in [-0.15, -0.1) is 0 Å². The highest BCUT2D eigenvalue weighted by molar-refractivity contribution is 7.89. The molecule has 0 aliphatic carbocycles. The van der Waals surface area contributed by atoms with E-state index < -0.39 is 26.7 Å². The van der Waals surface area contributed by atoms with E-state index in [1.54, 1.807) is 18.2 Å². The number of benzene rings is 1. The molecule has 0 radical (unpaired) electrons. The van der Waals surface area contributed by atoms with Crippen LogP contribution in [0, 0.1) is 0 Å². The summed E-state index contributed by atoms with van der Waals surface area (Å²) in [5.41, 5.74) is 0.127. The molecular weight excluding hydrogens is 388 g/mol. The number of carbonyl (C=O) groups is 1. The second kappa shape index (κ2) is 6.14. The fourth-order valence-corrected chi connectivity index (χ4v) is 3.61. The maximum Gasteiger partial charge on any atom is 0.333 e. The fourth-order valence-electron chi connectivity index (χ4n) is 2.75. The monoisotopic (exact) mass is 404 g/mol. The molecule has 10 heteroatoms. The molecular formula is C18H16N2O7S. The van der Waals surface area contributed by atoms with Gasteiger partial charge < -0.3 is 23.7 Å². The minimum Gasteiger partial charge on any atom is -0.464 e. The number of aliphatic hydroxyl groups is 1. The molecule has 3 heterocycles. The third-order valence-electron chi connectivity index (χ3n) is 4.19. The van der Waals surface area contributed by atoms with Crippen LogP contribution in [0.4, 0.5) is 10.5 Å². The summed E-state index contributed by atoms with van der Waals surface area (Å²) in [6.07, 6.45) is 4.01. The quantitative estimate of drug-likeness (QED) is 0.474. The van der Waals surface area contributed by atoms with Crippen molar-refractivity contribution >= 4 is 43.7 Å². The van der Waals surface area contributed by atoms with Crippen LogP contribution >= 0.6 is 0 Å². The molecule has 0 saturated heterocycles. The molecule has 0 aliphatic rings. The summed E-state index contributed by atoms with van der Waals surface area (Å²) < 4.78 is 42.5. The van der Waals surface area contributed by atoms with Gasteiger partial charge in [-0.3, -0.25) is 0 Å². The van der Waals surface area contributed by atoms with Crippen LogP contribution in [0.3, 0.4) is 0 Å². The summed E-state index contributed by atoms with van der Waals surface area (Å²) in [4.78, 5) is 12.4. The summed E-state index contributed by atoms with van der Waals surface area (Å²) >= 11 is 0. The lowest BCUT2D eigenvalue weighted by atomic mass is 10.0. The highest BCUT2D eigenvalue weighted by atomic mass is 32.2. The topological polar surface area (TPSA) is 135 Å². The molecule has 0 fully saturated rings. The molecule has 0 atom stereocenters. The Bertz CT molecular complexity index is 1240. The van der Waals surface area contributed by atoms with E-state index >= 15 is 0 Å². The number of sulfonamides is 1. The summed E-state index contributed by atoms with van der Waals surface area (Å²) in [5.74, 6) is 0. The van der Waals surface area contributed by atoms with Gasteiger partial charge in [0.15, 0.2) is 5.58 Å². The van der Waals surface area contributed by atoms with Crippen molar-refractivity contribution in [1.29, 1.82) is 0 Å². The summed E-state index contributed by atoms with van der Waals surface area (Å²) in [6.45, 7) is 2.96. The maximum atomic E-state index is 12.4. The van der Waals surface area contributed by atoms with Gasteiger partial charge in [0.25, 0.3) is 10.0 Å². The summed E-state index contributed by atoms with van der Waals surface area (Å²) in [7, 11) is -4.29. The first kappa shape index (κ1) is 18.1. The van der Waals surface area contributed by atoms with E-state index in [-0.39, 0.29) is 11.3 Å². The van der Waals surface area contributed by atoms with Crippen LogP contribution in [0.2, 0.25) is 0 Å². The number of hydrogen-bond donors (Lipinski definition) is 3. The van der Waals surface area contributed by atoms with E-state index in [1.165, 1.54) is 26.4 Å². The number of furan rings is 3. The fraction of sp³-hybridized carbons (Fsp3) is 0.167. The van der Waals surface area contributed by atoms with E-state index in [9.17, 15) is 18.3 Å². The van der Waals surface area contributed by atoms with Gasteiger partial charge in [-0.05, 0) is 32.0 Å². The van der Waals surface area contributed by atoms with Crippen molar-refractivity contribution in [2.45, 2.75) is 24.5 Å². The van der Waals surface area contributed by atoms with Gasteiger partial charge in [0, 0.05) is 22.4 Å². The third-order valence-corrected chi connectivity index (χ3v) is 5.38. The Morgan fingerprint density at radius 3 is 2.57 bits per heavy atom. The predicted octanol–water partition coefficient (Wildman–Crippen LogP) is 3.51. The Morgan fingerprint density at radius 2 is 1.86 bits per heavy atom. The van der Waals surface area contributed by atoms with Crippen molar-refractivity contribution in [1.82, 2.24) is 4.72 Å². The molecule has 1 aromatic carbocycles. The molecule has 0 saturated carbocycles. The number of hydrogen-bond acceptors (Lipinski definition) is 7. The van der Waals surface area contributed by atoms with Crippen LogP contribution < -0.4 is 10.0 Å². The minimum atomic E-state index is -4.29. The number of nitrogens with one attached hydrogen (secondary N) is 2. The first-order chi connectivity index (χ1) is 13.1. The van der Waals surface area contributed by atoms with Crippen molar-refractivity contribution in [3.05, 3.63) is 48.6 Å². The SMILES string of the molecule is CC(C)(O)c1coc(S(=O)(=O)NC(=O)Nc2c3ccoc3cc3ccoc23)c1. The highest BCUT2D eigenvalue weighted by Gasteiger charge is 2.27. The minimum absolute atomic E-state index is 0.258. The Hall–Kier alpha value is -3.24. The molecule has 0 spiro atoms. The lowest BCUT2D eigenvalue weighted by molar-refractivity contribution is 0.0779. The second-order valence-corrected chi connectivity index (χ2v) is 8.31. The number of anilines is 1. The van der Waals surface area contributed by atoms with Crippen molar-refractivity contribution < 1.29 is 31.6 Å². The number of carbonyl (C=O) groups excluding carboxylic acids is 1. The first-order valence-corrected chi connectivity index (χ1v) is 9.66. The molecule has 146 valence electrons. The summed E-state index contributed by atoms with van der Waals surface area (Å²) in [5, 5.41) is 13.2. The van der Waals surface area contributed by atoms with Gasteiger partial charge in [-0.2, -0.15) is 8.42 Å². The van der Waals surface area contributed by atoms with E-state index in [1.807, 2.05) is 4.72 Å². The van der Waals surface area contributed by atoms with Crippen molar-refractivity contribution in [3.63, 3.8) is 0 Å². The molecule has 3 N–H and O–H groups in total. The predicted molar refractivity (Wildman–Crippen MR) is 99.3 cm³/mol. The van der Waals surface area contributed by atoms with E-state index in [4.69, 9.17) is 13.3 Å². The Kier molecular flexibility index (Phi) is 3.98. The van der Waals surface area contributed by atoms with Crippen molar-refractivity contribution in [2.75, 3.05) is 5.32 Å². The standard InChI is InChI=1S/C18H16N2O7S/c1-18(2,22)11-8-14(27-9-11)28(23,24)20-17(21)19-15-12-4-6-25-13(12)7-10-3-5-26-16(10)15/h3-9,22H,1-2H3,(H2,19,20,21). The van der Waals surface area contributed by atoms with Gasteiger partial charge in [0.05, 0.1) is 30.1 Å². The molecule has 2 amide bonds. The Labute approximate surface area is 159 Å². The zero-order valence-electron chi connectivity index (χ0n) is 14.8. The normalized spacial score (nSPS) is 12.5.